The van der Waals surface area contributed by atoms with Gasteiger partial charge in [-0.1, -0.05) is 29.8 Å². The fourth-order valence-corrected chi connectivity index (χ4v) is 2.24. The van der Waals surface area contributed by atoms with Gasteiger partial charge in [0.2, 0.25) is 0 Å². The van der Waals surface area contributed by atoms with Gasteiger partial charge in [-0.2, -0.15) is 0 Å². The predicted molar refractivity (Wildman–Crippen MR) is 81.3 cm³/mol. The van der Waals surface area contributed by atoms with Gasteiger partial charge in [0, 0.05) is 16.6 Å². The van der Waals surface area contributed by atoms with Crippen LogP contribution in [0.5, 0.6) is 0 Å². The average Bonchev–Trinajstić information content (AvgIpc) is 2.91. The smallest absolute Gasteiger partial charge is 0.291 e. The third-order valence-electron chi connectivity index (χ3n) is 3.33. The van der Waals surface area contributed by atoms with Crippen molar-refractivity contribution in [2.24, 2.45) is 0 Å². The number of fused-ring (bicyclic) bond motifs is 1. The Hall–Kier alpha value is -2.59. The quantitative estimate of drug-likeness (QED) is 0.772. The number of carbonyl (C=O) groups excluding carboxylic acids is 1. The molecular formula is C17H15NO3. The second-order valence-electron chi connectivity index (χ2n) is 4.92. The first kappa shape index (κ1) is 13.4. The molecule has 0 saturated heterocycles. The zero-order valence-corrected chi connectivity index (χ0v) is 11.6. The first-order valence-corrected chi connectivity index (χ1v) is 6.67. The molecule has 3 rings (SSSR count). The van der Waals surface area contributed by atoms with Gasteiger partial charge in [0.1, 0.15) is 5.58 Å². The Labute approximate surface area is 122 Å². The van der Waals surface area contributed by atoms with Crippen LogP contribution in [-0.4, -0.2) is 11.0 Å². The van der Waals surface area contributed by atoms with Crippen molar-refractivity contribution < 1.29 is 14.3 Å². The summed E-state index contributed by atoms with van der Waals surface area (Å²) in [5.74, 6) is -0.0758. The predicted octanol–water partition coefficient (Wildman–Crippen LogP) is 3.49. The van der Waals surface area contributed by atoms with Crippen LogP contribution in [0.25, 0.3) is 11.0 Å². The first-order valence-electron chi connectivity index (χ1n) is 6.67. The molecule has 0 aliphatic carbocycles. The van der Waals surface area contributed by atoms with Crippen molar-refractivity contribution in [2.45, 2.75) is 13.5 Å². The molecule has 106 valence electrons. The normalized spacial score (nSPS) is 10.8. The molecule has 1 heterocycles. The van der Waals surface area contributed by atoms with Crippen molar-refractivity contribution in [1.29, 1.82) is 0 Å². The van der Waals surface area contributed by atoms with Gasteiger partial charge >= 0.3 is 0 Å². The lowest BCUT2D eigenvalue weighted by Gasteiger charge is -2.07. The van der Waals surface area contributed by atoms with Gasteiger partial charge in [0.25, 0.3) is 5.91 Å². The summed E-state index contributed by atoms with van der Waals surface area (Å²) < 4.78 is 5.56. The average molecular weight is 281 g/mol. The van der Waals surface area contributed by atoms with Crippen LogP contribution in [0.2, 0.25) is 0 Å². The molecule has 2 N–H and O–H groups in total. The molecule has 0 atom stereocenters. The highest BCUT2D eigenvalue weighted by Gasteiger charge is 2.13. The Balaban J connectivity index is 1.90. The molecule has 1 amide bonds. The van der Waals surface area contributed by atoms with Crippen molar-refractivity contribution in [3.05, 3.63) is 65.4 Å². The Bertz CT molecular complexity index is 805. The number of aliphatic hydroxyl groups is 1. The summed E-state index contributed by atoms with van der Waals surface area (Å²) in [6.45, 7) is 1.86. The molecule has 0 radical (unpaired) electrons. The molecule has 1 aromatic heterocycles. The van der Waals surface area contributed by atoms with E-state index in [9.17, 15) is 9.90 Å². The lowest BCUT2D eigenvalue weighted by Crippen LogP contribution is -2.12. The number of nitrogens with one attached hydrogen (secondary N) is 1. The molecular weight excluding hydrogens is 266 g/mol. The number of aryl methyl sites for hydroxylation is 1. The van der Waals surface area contributed by atoms with Crippen molar-refractivity contribution >= 4 is 22.6 Å². The zero-order chi connectivity index (χ0) is 14.8. The van der Waals surface area contributed by atoms with Crippen molar-refractivity contribution in [1.82, 2.24) is 0 Å². The molecule has 4 nitrogen and oxygen atoms in total. The minimum Gasteiger partial charge on any atom is -0.451 e. The standard InChI is InChI=1S/C17H15NO3/c1-11-6-7-15-13(8-11)9-16(21-15)17(20)18-14-5-3-2-4-12(14)10-19/h2-9,19H,10H2,1H3,(H,18,20). The van der Waals surface area contributed by atoms with Crippen LogP contribution in [0.15, 0.2) is 52.9 Å². The second-order valence-corrected chi connectivity index (χ2v) is 4.92. The number of hydrogen-bond acceptors (Lipinski definition) is 3. The SMILES string of the molecule is Cc1ccc2oc(C(=O)Nc3ccccc3CO)cc2c1. The van der Waals surface area contributed by atoms with Crippen LogP contribution in [-0.2, 0) is 6.61 Å². The second kappa shape index (κ2) is 5.42. The minimum atomic E-state index is -0.329. The molecule has 3 aromatic rings. The van der Waals surface area contributed by atoms with Crippen molar-refractivity contribution in [2.75, 3.05) is 5.32 Å². The summed E-state index contributed by atoms with van der Waals surface area (Å²) in [5.41, 5.74) is 3.04. The number of furan rings is 1. The summed E-state index contributed by atoms with van der Waals surface area (Å²) in [6.07, 6.45) is 0. The van der Waals surface area contributed by atoms with E-state index in [1.165, 1.54) is 0 Å². The Kier molecular flexibility index (Phi) is 3.46. The highest BCUT2D eigenvalue weighted by atomic mass is 16.3. The van der Waals surface area contributed by atoms with Crippen molar-refractivity contribution in [3.8, 4) is 0 Å². The van der Waals surface area contributed by atoms with Gasteiger partial charge in [0.05, 0.1) is 6.61 Å². The summed E-state index contributed by atoms with van der Waals surface area (Å²) in [6, 6.07) is 14.6. The van der Waals surface area contributed by atoms with E-state index in [-0.39, 0.29) is 18.3 Å². The fraction of sp³-hybridized carbons (Fsp3) is 0.118. The number of hydrogen-bond donors (Lipinski definition) is 2. The summed E-state index contributed by atoms with van der Waals surface area (Å²) in [7, 11) is 0. The van der Waals surface area contributed by atoms with E-state index in [0.717, 1.165) is 10.9 Å². The largest absolute Gasteiger partial charge is 0.451 e. The number of amides is 1. The highest BCUT2D eigenvalue weighted by molar-refractivity contribution is 6.05. The number of anilines is 1. The number of carbonyl (C=O) groups is 1. The van der Waals surface area contributed by atoms with Gasteiger partial charge in [-0.15, -0.1) is 0 Å². The van der Waals surface area contributed by atoms with Crippen LogP contribution < -0.4 is 5.32 Å². The lowest BCUT2D eigenvalue weighted by atomic mass is 10.1. The Morgan fingerprint density at radius 2 is 2.00 bits per heavy atom. The molecule has 0 spiro atoms. The number of aliphatic hydroxyl groups excluding tert-OH is 1. The van der Waals surface area contributed by atoms with Gasteiger partial charge < -0.3 is 14.8 Å². The maximum absolute atomic E-state index is 12.3. The molecule has 21 heavy (non-hydrogen) atoms. The summed E-state index contributed by atoms with van der Waals surface area (Å²) in [5, 5.41) is 12.9. The lowest BCUT2D eigenvalue weighted by molar-refractivity contribution is 0.0998. The van der Waals surface area contributed by atoms with Gasteiger partial charge in [0.15, 0.2) is 5.76 Å². The third kappa shape index (κ3) is 2.66. The van der Waals surface area contributed by atoms with E-state index in [1.807, 2.05) is 31.2 Å². The summed E-state index contributed by atoms with van der Waals surface area (Å²) in [4.78, 5) is 12.3. The molecule has 0 unspecified atom stereocenters. The molecule has 0 fully saturated rings. The third-order valence-corrected chi connectivity index (χ3v) is 3.33. The number of benzene rings is 2. The number of para-hydroxylation sites is 1. The zero-order valence-electron chi connectivity index (χ0n) is 11.6. The van der Waals surface area contributed by atoms with Crippen LogP contribution in [0, 0.1) is 6.92 Å². The fourth-order valence-electron chi connectivity index (χ4n) is 2.24. The van der Waals surface area contributed by atoms with E-state index in [1.54, 1.807) is 24.3 Å². The molecule has 0 bridgehead atoms. The Morgan fingerprint density at radius 1 is 1.19 bits per heavy atom. The molecule has 0 saturated carbocycles. The van der Waals surface area contributed by atoms with E-state index < -0.39 is 0 Å². The van der Waals surface area contributed by atoms with E-state index in [4.69, 9.17) is 4.42 Å². The Morgan fingerprint density at radius 3 is 2.81 bits per heavy atom. The van der Waals surface area contributed by atoms with Gasteiger partial charge in [-0.3, -0.25) is 4.79 Å². The van der Waals surface area contributed by atoms with Crippen LogP contribution >= 0.6 is 0 Å². The minimum absolute atomic E-state index is 0.129. The van der Waals surface area contributed by atoms with Crippen LogP contribution in [0.3, 0.4) is 0 Å². The van der Waals surface area contributed by atoms with Crippen LogP contribution in [0.1, 0.15) is 21.7 Å². The maximum atomic E-state index is 12.3. The summed E-state index contributed by atoms with van der Waals surface area (Å²) >= 11 is 0. The topological polar surface area (TPSA) is 62.5 Å². The highest BCUT2D eigenvalue weighted by Crippen LogP contribution is 2.22. The molecule has 4 heteroatoms. The van der Waals surface area contributed by atoms with Gasteiger partial charge in [-0.25, -0.2) is 0 Å². The monoisotopic (exact) mass is 281 g/mol. The number of rotatable bonds is 3. The maximum Gasteiger partial charge on any atom is 0.291 e. The van der Waals surface area contributed by atoms with E-state index in [2.05, 4.69) is 5.32 Å². The van der Waals surface area contributed by atoms with Gasteiger partial charge in [-0.05, 0) is 31.2 Å². The van der Waals surface area contributed by atoms with E-state index >= 15 is 0 Å². The molecule has 0 aliphatic heterocycles. The van der Waals surface area contributed by atoms with E-state index in [0.29, 0.717) is 16.8 Å². The van der Waals surface area contributed by atoms with Crippen LogP contribution in [0.4, 0.5) is 5.69 Å². The van der Waals surface area contributed by atoms with Crippen molar-refractivity contribution in [3.63, 3.8) is 0 Å². The molecule has 0 aliphatic rings. The first-order chi connectivity index (χ1) is 10.2. The molecule has 2 aromatic carbocycles.